The number of rotatable bonds is 4. The molecule has 0 amide bonds. The number of carbonyl (C=O) groups is 1. The number of benzene rings is 1. The number of hydrogen-bond donors (Lipinski definition) is 1. The van der Waals surface area contributed by atoms with Crippen molar-refractivity contribution in [3.8, 4) is 5.69 Å². The lowest BCUT2D eigenvalue weighted by atomic mass is 10.2. The smallest absolute Gasteiger partial charge is 0.344 e. The van der Waals surface area contributed by atoms with Gasteiger partial charge in [-0.25, -0.2) is 9.48 Å². The third-order valence-corrected chi connectivity index (χ3v) is 3.58. The quantitative estimate of drug-likeness (QED) is 0.692. The van der Waals surface area contributed by atoms with Crippen molar-refractivity contribution in [3.05, 3.63) is 35.4 Å². The first kappa shape index (κ1) is 14.5. The molecule has 0 radical (unpaired) electrons. The minimum atomic E-state index is -0.436. The van der Waals surface area contributed by atoms with Gasteiger partial charge >= 0.3 is 5.97 Å². The van der Waals surface area contributed by atoms with Crippen LogP contribution < -0.4 is 5.73 Å². The Labute approximate surface area is 122 Å². The van der Waals surface area contributed by atoms with Crippen LogP contribution >= 0.6 is 11.8 Å². The number of nitrogen functional groups attached to an aromatic ring is 1. The number of nitrogens with zero attached hydrogens (tertiary/aromatic N) is 2. The number of esters is 1. The highest BCUT2D eigenvalue weighted by molar-refractivity contribution is 7.98. The highest BCUT2D eigenvalue weighted by atomic mass is 32.2. The van der Waals surface area contributed by atoms with E-state index in [1.807, 2.05) is 37.4 Å². The predicted molar refractivity (Wildman–Crippen MR) is 80.5 cm³/mol. The second kappa shape index (κ2) is 6.00. The molecule has 2 N–H and O–H groups in total. The SMILES string of the molecule is CCOC(=O)c1c(SC)nn(-c2ccccc2C)c1N. The number of aromatic nitrogens is 2. The minimum Gasteiger partial charge on any atom is -0.462 e. The van der Waals surface area contributed by atoms with Crippen molar-refractivity contribution in [2.45, 2.75) is 18.9 Å². The van der Waals surface area contributed by atoms with Gasteiger partial charge < -0.3 is 10.5 Å². The van der Waals surface area contributed by atoms with E-state index in [2.05, 4.69) is 5.10 Å². The Morgan fingerprint density at radius 3 is 2.75 bits per heavy atom. The average Bonchev–Trinajstić information content (AvgIpc) is 2.76. The molecule has 1 aromatic carbocycles. The average molecular weight is 291 g/mol. The van der Waals surface area contributed by atoms with E-state index in [1.54, 1.807) is 11.6 Å². The summed E-state index contributed by atoms with van der Waals surface area (Å²) in [6.45, 7) is 4.04. The van der Waals surface area contributed by atoms with Gasteiger partial charge in [0.15, 0.2) is 0 Å². The van der Waals surface area contributed by atoms with Crippen LogP contribution in [-0.2, 0) is 4.74 Å². The third kappa shape index (κ3) is 2.51. The van der Waals surface area contributed by atoms with Gasteiger partial charge in [0.1, 0.15) is 16.4 Å². The Balaban J connectivity index is 2.57. The lowest BCUT2D eigenvalue weighted by Crippen LogP contribution is -2.09. The summed E-state index contributed by atoms with van der Waals surface area (Å²) in [6.07, 6.45) is 1.85. The lowest BCUT2D eigenvalue weighted by molar-refractivity contribution is 0.0523. The van der Waals surface area contributed by atoms with E-state index in [0.29, 0.717) is 23.0 Å². The normalized spacial score (nSPS) is 10.6. The van der Waals surface area contributed by atoms with E-state index in [1.165, 1.54) is 11.8 Å². The molecule has 2 aromatic rings. The van der Waals surface area contributed by atoms with Gasteiger partial charge in [-0.2, -0.15) is 5.10 Å². The predicted octanol–water partition coefficient (Wildman–Crippen LogP) is 2.66. The van der Waals surface area contributed by atoms with Crippen LogP contribution in [0, 0.1) is 6.92 Å². The van der Waals surface area contributed by atoms with Crippen LogP contribution in [0.15, 0.2) is 29.3 Å². The minimum absolute atomic E-state index is 0.307. The Hall–Kier alpha value is -1.95. The summed E-state index contributed by atoms with van der Waals surface area (Å²) >= 11 is 1.37. The number of nitrogens with two attached hydrogens (primary N) is 1. The van der Waals surface area contributed by atoms with Gasteiger partial charge in [-0.15, -0.1) is 11.8 Å². The number of carbonyl (C=O) groups excluding carboxylic acids is 1. The number of ether oxygens (including phenoxy) is 1. The topological polar surface area (TPSA) is 70.1 Å². The second-order valence-corrected chi connectivity index (χ2v) is 4.98. The van der Waals surface area contributed by atoms with Crippen molar-refractivity contribution >= 4 is 23.5 Å². The van der Waals surface area contributed by atoms with E-state index in [0.717, 1.165) is 11.3 Å². The number of para-hydroxylation sites is 1. The van der Waals surface area contributed by atoms with Gasteiger partial charge in [0.05, 0.1) is 12.3 Å². The molecule has 2 rings (SSSR count). The molecular weight excluding hydrogens is 274 g/mol. The standard InChI is InChI=1S/C14H17N3O2S/c1-4-19-14(18)11-12(15)17(16-13(11)20-3)10-8-6-5-7-9(10)2/h5-8H,4,15H2,1-3H3. The van der Waals surface area contributed by atoms with E-state index in [-0.39, 0.29) is 0 Å². The van der Waals surface area contributed by atoms with Crippen LogP contribution in [0.25, 0.3) is 5.69 Å². The molecule has 5 nitrogen and oxygen atoms in total. The fourth-order valence-electron chi connectivity index (χ4n) is 1.93. The molecule has 1 aromatic heterocycles. The Kier molecular flexibility index (Phi) is 4.34. The first-order chi connectivity index (χ1) is 9.60. The summed E-state index contributed by atoms with van der Waals surface area (Å²) in [6, 6.07) is 7.74. The summed E-state index contributed by atoms with van der Waals surface area (Å²) in [5, 5.41) is 4.99. The molecule has 0 fully saturated rings. The Morgan fingerprint density at radius 2 is 2.15 bits per heavy atom. The largest absolute Gasteiger partial charge is 0.462 e. The molecule has 0 bridgehead atoms. The molecule has 0 aliphatic carbocycles. The molecule has 0 aliphatic rings. The molecule has 0 unspecified atom stereocenters. The first-order valence-electron chi connectivity index (χ1n) is 6.25. The van der Waals surface area contributed by atoms with Gasteiger partial charge in [-0.1, -0.05) is 18.2 Å². The summed E-state index contributed by atoms with van der Waals surface area (Å²) in [7, 11) is 0. The second-order valence-electron chi connectivity index (χ2n) is 4.19. The van der Waals surface area contributed by atoms with Crippen LogP contribution in [0.5, 0.6) is 0 Å². The molecule has 0 saturated carbocycles. The zero-order chi connectivity index (χ0) is 14.7. The number of hydrogen-bond acceptors (Lipinski definition) is 5. The van der Waals surface area contributed by atoms with E-state index >= 15 is 0 Å². The zero-order valence-corrected chi connectivity index (χ0v) is 12.5. The van der Waals surface area contributed by atoms with E-state index < -0.39 is 5.97 Å². The third-order valence-electron chi connectivity index (χ3n) is 2.91. The van der Waals surface area contributed by atoms with Crippen LogP contribution in [0.2, 0.25) is 0 Å². The lowest BCUT2D eigenvalue weighted by Gasteiger charge is -2.07. The maximum atomic E-state index is 12.0. The summed E-state index contributed by atoms with van der Waals surface area (Å²) < 4.78 is 6.64. The van der Waals surface area contributed by atoms with Crippen molar-refractivity contribution in [3.63, 3.8) is 0 Å². The van der Waals surface area contributed by atoms with E-state index in [4.69, 9.17) is 10.5 Å². The molecule has 20 heavy (non-hydrogen) atoms. The van der Waals surface area contributed by atoms with Crippen molar-refractivity contribution < 1.29 is 9.53 Å². The van der Waals surface area contributed by atoms with Crippen LogP contribution in [0.4, 0.5) is 5.82 Å². The maximum absolute atomic E-state index is 12.0. The van der Waals surface area contributed by atoms with Gasteiger partial charge in [-0.05, 0) is 31.7 Å². The van der Waals surface area contributed by atoms with Gasteiger partial charge in [-0.3, -0.25) is 0 Å². The highest BCUT2D eigenvalue weighted by Crippen LogP contribution is 2.28. The van der Waals surface area contributed by atoms with Gasteiger partial charge in [0.25, 0.3) is 0 Å². The molecule has 0 atom stereocenters. The summed E-state index contributed by atoms with van der Waals surface area (Å²) in [5.41, 5.74) is 8.32. The number of aryl methyl sites for hydroxylation is 1. The van der Waals surface area contributed by atoms with Crippen LogP contribution in [0.1, 0.15) is 22.8 Å². The molecule has 6 heteroatoms. The number of anilines is 1. The van der Waals surface area contributed by atoms with Crippen molar-refractivity contribution in [2.75, 3.05) is 18.6 Å². The summed E-state index contributed by atoms with van der Waals surface area (Å²) in [4.78, 5) is 12.0. The van der Waals surface area contributed by atoms with Gasteiger partial charge in [0, 0.05) is 0 Å². The first-order valence-corrected chi connectivity index (χ1v) is 7.48. The molecule has 1 heterocycles. The zero-order valence-electron chi connectivity index (χ0n) is 11.7. The monoisotopic (exact) mass is 291 g/mol. The fraction of sp³-hybridized carbons (Fsp3) is 0.286. The molecule has 106 valence electrons. The molecule has 0 aliphatic heterocycles. The molecule has 0 saturated heterocycles. The van der Waals surface area contributed by atoms with Crippen molar-refractivity contribution in [1.82, 2.24) is 9.78 Å². The fourth-order valence-corrected chi connectivity index (χ4v) is 2.49. The Morgan fingerprint density at radius 1 is 1.45 bits per heavy atom. The number of thioether (sulfide) groups is 1. The maximum Gasteiger partial charge on any atom is 0.344 e. The summed E-state index contributed by atoms with van der Waals surface area (Å²) in [5.74, 6) is -0.128. The van der Waals surface area contributed by atoms with Crippen molar-refractivity contribution in [1.29, 1.82) is 0 Å². The van der Waals surface area contributed by atoms with Crippen LogP contribution in [-0.4, -0.2) is 28.6 Å². The van der Waals surface area contributed by atoms with Crippen LogP contribution in [0.3, 0.4) is 0 Å². The molecule has 0 spiro atoms. The van der Waals surface area contributed by atoms with E-state index in [9.17, 15) is 4.79 Å². The highest BCUT2D eigenvalue weighted by Gasteiger charge is 2.23. The molecular formula is C14H17N3O2S. The Bertz CT molecular complexity index is 637. The van der Waals surface area contributed by atoms with Crippen molar-refractivity contribution in [2.24, 2.45) is 0 Å². The van der Waals surface area contributed by atoms with Gasteiger partial charge in [0.2, 0.25) is 0 Å².